The molecule has 2 heterocycles. The molecule has 0 bridgehead atoms. The fraction of sp³-hybridized carbons (Fsp3) is 0.353. The van der Waals surface area contributed by atoms with E-state index in [2.05, 4.69) is 20.9 Å². The number of hydrogen-bond acceptors (Lipinski definition) is 4. The van der Waals surface area contributed by atoms with Crippen LogP contribution in [0.25, 0.3) is 0 Å². The number of benzene rings is 1. The molecule has 2 aromatic rings. The van der Waals surface area contributed by atoms with Crippen molar-refractivity contribution >= 4 is 31.8 Å². The maximum Gasteiger partial charge on any atom is 0.244 e. The van der Waals surface area contributed by atoms with E-state index >= 15 is 0 Å². The molecule has 3 rings (SSSR count). The van der Waals surface area contributed by atoms with Crippen molar-refractivity contribution in [2.75, 3.05) is 25.0 Å². The Morgan fingerprint density at radius 1 is 1.17 bits per heavy atom. The first-order valence-corrected chi connectivity index (χ1v) is 10.1. The zero-order valence-corrected chi connectivity index (χ0v) is 15.9. The molecule has 1 saturated heterocycles. The van der Waals surface area contributed by atoms with E-state index in [9.17, 15) is 8.42 Å². The van der Waals surface area contributed by atoms with Crippen LogP contribution in [0.3, 0.4) is 0 Å². The van der Waals surface area contributed by atoms with Gasteiger partial charge in [-0.25, -0.2) is 13.4 Å². The highest BCUT2D eigenvalue weighted by molar-refractivity contribution is 9.10. The first-order chi connectivity index (χ1) is 11.5. The van der Waals surface area contributed by atoms with Crippen molar-refractivity contribution in [2.24, 2.45) is 0 Å². The molecule has 1 aromatic heterocycles. The number of sulfonamides is 1. The fourth-order valence-corrected chi connectivity index (χ4v) is 4.66. The second-order valence-electron chi connectivity index (χ2n) is 5.91. The van der Waals surface area contributed by atoms with Gasteiger partial charge < -0.3 is 4.90 Å². The molecule has 0 amide bonds. The van der Waals surface area contributed by atoms with Crippen LogP contribution >= 0.6 is 15.9 Å². The van der Waals surface area contributed by atoms with Crippen molar-refractivity contribution in [2.45, 2.75) is 24.3 Å². The Bertz CT molecular complexity index is 803. The second-order valence-corrected chi connectivity index (χ2v) is 8.70. The van der Waals surface area contributed by atoms with Crippen LogP contribution in [-0.4, -0.2) is 37.8 Å². The number of halogens is 1. The predicted molar refractivity (Wildman–Crippen MR) is 98.5 cm³/mol. The Labute approximate surface area is 151 Å². The van der Waals surface area contributed by atoms with Crippen LogP contribution in [-0.2, 0) is 16.6 Å². The normalized spacial score (nSPS) is 15.6. The molecule has 1 fully saturated rings. The van der Waals surface area contributed by atoms with Crippen molar-refractivity contribution in [3.63, 3.8) is 0 Å². The monoisotopic (exact) mass is 409 g/mol. The number of rotatable bonds is 5. The lowest BCUT2D eigenvalue weighted by molar-refractivity contribution is 0.477. The van der Waals surface area contributed by atoms with Gasteiger partial charge in [0.2, 0.25) is 10.0 Å². The smallest absolute Gasteiger partial charge is 0.244 e. The van der Waals surface area contributed by atoms with Crippen LogP contribution in [0.4, 0.5) is 5.82 Å². The first-order valence-electron chi connectivity index (χ1n) is 7.89. The number of hydrogen-bond donors (Lipinski definition) is 0. The van der Waals surface area contributed by atoms with E-state index in [4.69, 9.17) is 0 Å². The summed E-state index contributed by atoms with van der Waals surface area (Å²) in [4.78, 5) is 6.61. The lowest BCUT2D eigenvalue weighted by Gasteiger charge is -2.20. The molecule has 128 valence electrons. The zero-order chi connectivity index (χ0) is 17.2. The molecule has 1 aliphatic heterocycles. The molecule has 0 N–H and O–H groups in total. The van der Waals surface area contributed by atoms with E-state index in [1.165, 1.54) is 10.5 Å². The van der Waals surface area contributed by atoms with Gasteiger partial charge in [-0.2, -0.15) is 4.31 Å². The third-order valence-corrected chi connectivity index (χ3v) is 6.84. The van der Waals surface area contributed by atoms with Crippen LogP contribution in [0.2, 0.25) is 0 Å². The van der Waals surface area contributed by atoms with Crippen LogP contribution < -0.4 is 4.90 Å². The highest BCUT2D eigenvalue weighted by Gasteiger charge is 2.27. The summed E-state index contributed by atoms with van der Waals surface area (Å²) >= 11 is 3.54. The van der Waals surface area contributed by atoms with Crippen LogP contribution in [0.5, 0.6) is 0 Å². The summed E-state index contributed by atoms with van der Waals surface area (Å²) in [7, 11) is -1.46. The first kappa shape index (κ1) is 17.4. The second kappa shape index (κ2) is 7.21. The molecule has 7 heteroatoms. The molecule has 0 atom stereocenters. The summed E-state index contributed by atoms with van der Waals surface area (Å²) in [6.45, 7) is 1.89. The molecule has 0 unspecified atom stereocenters. The highest BCUT2D eigenvalue weighted by Crippen LogP contribution is 2.23. The molecule has 5 nitrogen and oxygen atoms in total. The van der Waals surface area contributed by atoms with E-state index in [0.717, 1.165) is 28.7 Å². The van der Waals surface area contributed by atoms with Crippen LogP contribution in [0.15, 0.2) is 52.0 Å². The molecule has 0 saturated carbocycles. The largest absolute Gasteiger partial charge is 0.355 e. The third-order valence-electron chi connectivity index (χ3n) is 4.18. The fourth-order valence-electron chi connectivity index (χ4n) is 2.79. The van der Waals surface area contributed by atoms with Gasteiger partial charge in [0.1, 0.15) is 10.7 Å². The lowest BCUT2D eigenvalue weighted by Crippen LogP contribution is -2.28. The van der Waals surface area contributed by atoms with Crippen molar-refractivity contribution in [3.05, 3.63) is 52.6 Å². The summed E-state index contributed by atoms with van der Waals surface area (Å²) in [5, 5.41) is 0. The zero-order valence-electron chi connectivity index (χ0n) is 13.5. The van der Waals surface area contributed by atoms with E-state index in [1.54, 1.807) is 12.1 Å². The molecule has 1 aliphatic rings. The molecule has 24 heavy (non-hydrogen) atoms. The summed E-state index contributed by atoms with van der Waals surface area (Å²) in [6, 6.07) is 11.4. The molecular formula is C17H20BrN3O2S. The molecule has 1 aromatic carbocycles. The summed E-state index contributed by atoms with van der Waals surface area (Å²) in [6.07, 6.45) is 3.32. The van der Waals surface area contributed by atoms with Crippen LogP contribution in [0, 0.1) is 0 Å². The van der Waals surface area contributed by atoms with Gasteiger partial charge in [-0.1, -0.05) is 34.1 Å². The van der Waals surface area contributed by atoms with Crippen LogP contribution in [0.1, 0.15) is 18.4 Å². The van der Waals surface area contributed by atoms with E-state index in [0.29, 0.717) is 19.6 Å². The van der Waals surface area contributed by atoms with E-state index in [-0.39, 0.29) is 4.90 Å². The SMILES string of the molecule is CN(Cc1ccccc1Br)c1ccc(S(=O)(=O)N2CCCC2)cn1. The van der Waals surface area contributed by atoms with E-state index < -0.39 is 10.0 Å². The minimum atomic E-state index is -3.40. The molecular weight excluding hydrogens is 390 g/mol. The molecule has 0 aliphatic carbocycles. The van der Waals surface area contributed by atoms with Crippen molar-refractivity contribution in [1.29, 1.82) is 0 Å². The molecule has 0 radical (unpaired) electrons. The Morgan fingerprint density at radius 3 is 2.50 bits per heavy atom. The van der Waals surface area contributed by atoms with Gasteiger partial charge in [-0.15, -0.1) is 0 Å². The van der Waals surface area contributed by atoms with Gasteiger partial charge in [0.05, 0.1) is 0 Å². The van der Waals surface area contributed by atoms with Crippen molar-refractivity contribution in [1.82, 2.24) is 9.29 Å². The van der Waals surface area contributed by atoms with Gasteiger partial charge in [-0.3, -0.25) is 0 Å². The lowest BCUT2D eigenvalue weighted by atomic mass is 10.2. The number of nitrogens with zero attached hydrogens (tertiary/aromatic N) is 3. The van der Waals surface area contributed by atoms with Crippen molar-refractivity contribution < 1.29 is 8.42 Å². The van der Waals surface area contributed by atoms with Gasteiger partial charge in [0.15, 0.2) is 0 Å². The molecule has 0 spiro atoms. The quantitative estimate of drug-likeness (QED) is 0.760. The topological polar surface area (TPSA) is 53.5 Å². The minimum absolute atomic E-state index is 0.266. The predicted octanol–water partition coefficient (Wildman–Crippen LogP) is 3.27. The standard InChI is InChI=1S/C17H20BrN3O2S/c1-20(13-14-6-2-3-7-16(14)18)17-9-8-15(12-19-17)24(22,23)21-10-4-5-11-21/h2-3,6-9,12H,4-5,10-11,13H2,1H3. The summed E-state index contributed by atoms with van der Waals surface area (Å²) < 4.78 is 27.6. The Hall–Kier alpha value is -1.44. The minimum Gasteiger partial charge on any atom is -0.355 e. The number of anilines is 1. The highest BCUT2D eigenvalue weighted by atomic mass is 79.9. The summed E-state index contributed by atoms with van der Waals surface area (Å²) in [5.74, 6) is 0.742. The van der Waals surface area contributed by atoms with Gasteiger partial charge in [0.25, 0.3) is 0 Å². The van der Waals surface area contributed by atoms with E-state index in [1.807, 2.05) is 36.2 Å². The average molecular weight is 410 g/mol. The Kier molecular flexibility index (Phi) is 5.22. The number of pyridine rings is 1. The maximum absolute atomic E-state index is 12.5. The third kappa shape index (κ3) is 3.63. The van der Waals surface area contributed by atoms with Crippen molar-refractivity contribution in [3.8, 4) is 0 Å². The maximum atomic E-state index is 12.5. The summed E-state index contributed by atoms with van der Waals surface area (Å²) in [5.41, 5.74) is 1.15. The van der Waals surface area contributed by atoms with Gasteiger partial charge >= 0.3 is 0 Å². The van der Waals surface area contributed by atoms with Gasteiger partial charge in [0, 0.05) is 37.4 Å². The number of aromatic nitrogens is 1. The van der Waals surface area contributed by atoms with Gasteiger partial charge in [-0.05, 0) is 36.6 Å². The Morgan fingerprint density at radius 2 is 1.88 bits per heavy atom. The average Bonchev–Trinajstić information content (AvgIpc) is 3.12. The Balaban J connectivity index is 1.75.